The smallest absolute Gasteiger partial charge is 0.251 e. The van der Waals surface area contributed by atoms with Crippen molar-refractivity contribution < 1.29 is 4.79 Å². The number of nitrogens with one attached hydrogen (secondary N) is 1. The highest BCUT2D eigenvalue weighted by molar-refractivity contribution is 7.80. The van der Waals surface area contributed by atoms with E-state index in [1.807, 2.05) is 24.3 Å². The Bertz CT molecular complexity index is 453. The van der Waals surface area contributed by atoms with Crippen molar-refractivity contribution in [2.24, 2.45) is 5.73 Å². The van der Waals surface area contributed by atoms with Gasteiger partial charge < -0.3 is 11.1 Å². The van der Waals surface area contributed by atoms with E-state index in [0.717, 1.165) is 18.4 Å². The second kappa shape index (κ2) is 5.96. The molecule has 4 heteroatoms. The molecule has 0 spiro atoms. The van der Waals surface area contributed by atoms with Crippen LogP contribution < -0.4 is 11.1 Å². The fourth-order valence-corrected chi connectivity index (χ4v) is 2.53. The van der Waals surface area contributed by atoms with E-state index in [2.05, 4.69) is 5.32 Å². The van der Waals surface area contributed by atoms with Crippen molar-refractivity contribution in [3.63, 3.8) is 0 Å². The molecule has 1 saturated carbocycles. The molecule has 3 N–H and O–H groups in total. The Hall–Kier alpha value is -1.42. The summed E-state index contributed by atoms with van der Waals surface area (Å²) in [6.07, 6.45) is 5.16. The molecule has 96 valence electrons. The number of hydrogen-bond acceptors (Lipinski definition) is 2. The van der Waals surface area contributed by atoms with Gasteiger partial charge in [0.25, 0.3) is 5.91 Å². The van der Waals surface area contributed by atoms with Crippen LogP contribution in [0.2, 0.25) is 0 Å². The zero-order chi connectivity index (χ0) is 13.0. The minimum Gasteiger partial charge on any atom is -0.393 e. The highest BCUT2D eigenvalue weighted by Crippen LogP contribution is 2.18. The summed E-state index contributed by atoms with van der Waals surface area (Å²) in [5.74, 6) is 0.00619. The predicted octanol–water partition coefficient (Wildman–Crippen LogP) is 2.19. The minimum absolute atomic E-state index is 0.00619. The lowest BCUT2D eigenvalue weighted by Crippen LogP contribution is -2.32. The summed E-state index contributed by atoms with van der Waals surface area (Å²) >= 11 is 4.88. The fourth-order valence-electron chi connectivity index (χ4n) is 2.36. The van der Waals surface area contributed by atoms with Gasteiger partial charge in [-0.3, -0.25) is 4.79 Å². The summed E-state index contributed by atoms with van der Waals surface area (Å²) in [7, 11) is 0. The van der Waals surface area contributed by atoms with Crippen molar-refractivity contribution in [1.29, 1.82) is 0 Å². The summed E-state index contributed by atoms with van der Waals surface area (Å²) in [5.41, 5.74) is 7.19. The molecule has 1 aliphatic rings. The van der Waals surface area contributed by atoms with Crippen molar-refractivity contribution in [2.75, 3.05) is 0 Å². The summed E-state index contributed by atoms with van der Waals surface area (Å²) in [4.78, 5) is 12.5. The van der Waals surface area contributed by atoms with Gasteiger partial charge in [0.05, 0.1) is 4.99 Å². The van der Waals surface area contributed by atoms with E-state index < -0.39 is 0 Å². The Morgan fingerprint density at radius 2 is 2.11 bits per heavy atom. The largest absolute Gasteiger partial charge is 0.393 e. The molecular weight excluding hydrogens is 244 g/mol. The van der Waals surface area contributed by atoms with Gasteiger partial charge in [0.2, 0.25) is 0 Å². The standard InChI is InChI=1S/C14H18N2OS/c15-13(18)9-10-4-3-5-11(8-10)14(17)16-12-6-1-2-7-12/h3-5,8,12H,1-2,6-7,9H2,(H2,15,18)(H,16,17). The van der Waals surface area contributed by atoms with Crippen LogP contribution in [0.4, 0.5) is 0 Å². The molecule has 0 heterocycles. The van der Waals surface area contributed by atoms with Gasteiger partial charge >= 0.3 is 0 Å². The molecule has 1 aromatic carbocycles. The van der Waals surface area contributed by atoms with Gasteiger partial charge in [-0.25, -0.2) is 0 Å². The van der Waals surface area contributed by atoms with Gasteiger partial charge in [-0.05, 0) is 30.5 Å². The lowest BCUT2D eigenvalue weighted by Gasteiger charge is -2.12. The Balaban J connectivity index is 2.02. The molecule has 18 heavy (non-hydrogen) atoms. The third-order valence-electron chi connectivity index (χ3n) is 3.26. The van der Waals surface area contributed by atoms with E-state index in [1.54, 1.807) is 0 Å². The molecular formula is C14H18N2OS. The quantitative estimate of drug-likeness (QED) is 0.818. The van der Waals surface area contributed by atoms with Crippen LogP contribution >= 0.6 is 12.2 Å². The van der Waals surface area contributed by atoms with Crippen LogP contribution in [0.5, 0.6) is 0 Å². The summed E-state index contributed by atoms with van der Waals surface area (Å²) in [6, 6.07) is 7.84. The zero-order valence-corrected chi connectivity index (χ0v) is 11.1. The SMILES string of the molecule is NC(=S)Cc1cccc(C(=O)NC2CCCC2)c1. The van der Waals surface area contributed by atoms with Gasteiger partial charge in [0.15, 0.2) is 0 Å². The maximum Gasteiger partial charge on any atom is 0.251 e. The molecule has 1 amide bonds. The Kier molecular flexibility index (Phi) is 4.31. The Morgan fingerprint density at radius 3 is 2.78 bits per heavy atom. The lowest BCUT2D eigenvalue weighted by molar-refractivity contribution is 0.0938. The molecule has 0 unspecified atom stereocenters. The molecule has 2 rings (SSSR count). The summed E-state index contributed by atoms with van der Waals surface area (Å²) in [5, 5.41) is 3.07. The lowest BCUT2D eigenvalue weighted by atomic mass is 10.1. The average Bonchev–Trinajstić information content (AvgIpc) is 2.81. The molecule has 0 atom stereocenters. The third kappa shape index (κ3) is 3.53. The number of hydrogen-bond donors (Lipinski definition) is 2. The first-order valence-corrected chi connectivity index (χ1v) is 6.74. The van der Waals surface area contributed by atoms with Gasteiger partial charge in [-0.1, -0.05) is 37.2 Å². The second-order valence-electron chi connectivity index (χ2n) is 4.80. The van der Waals surface area contributed by atoms with Gasteiger partial charge in [0.1, 0.15) is 0 Å². The molecule has 0 bridgehead atoms. The molecule has 1 aliphatic carbocycles. The van der Waals surface area contributed by atoms with E-state index in [-0.39, 0.29) is 5.91 Å². The van der Waals surface area contributed by atoms with Crippen molar-refractivity contribution in [3.05, 3.63) is 35.4 Å². The molecule has 0 aromatic heterocycles. The molecule has 0 radical (unpaired) electrons. The van der Waals surface area contributed by atoms with E-state index in [0.29, 0.717) is 23.0 Å². The van der Waals surface area contributed by atoms with Crippen molar-refractivity contribution in [3.8, 4) is 0 Å². The normalized spacial score (nSPS) is 15.6. The first-order chi connectivity index (χ1) is 8.65. The van der Waals surface area contributed by atoms with Crippen molar-refractivity contribution in [2.45, 2.75) is 38.1 Å². The van der Waals surface area contributed by atoms with E-state index in [1.165, 1.54) is 12.8 Å². The topological polar surface area (TPSA) is 55.1 Å². The maximum atomic E-state index is 12.1. The van der Waals surface area contributed by atoms with Crippen LogP contribution in [0, 0.1) is 0 Å². The summed E-state index contributed by atoms with van der Waals surface area (Å²) in [6.45, 7) is 0. The predicted molar refractivity (Wildman–Crippen MR) is 76.7 cm³/mol. The van der Waals surface area contributed by atoms with Crippen LogP contribution in [0.25, 0.3) is 0 Å². The first-order valence-electron chi connectivity index (χ1n) is 6.33. The van der Waals surface area contributed by atoms with Crippen LogP contribution in [0.3, 0.4) is 0 Å². The Morgan fingerprint density at radius 1 is 1.39 bits per heavy atom. The molecule has 0 saturated heterocycles. The zero-order valence-electron chi connectivity index (χ0n) is 10.3. The van der Waals surface area contributed by atoms with Gasteiger partial charge in [-0.2, -0.15) is 0 Å². The molecule has 0 aliphatic heterocycles. The highest BCUT2D eigenvalue weighted by Gasteiger charge is 2.17. The van der Waals surface area contributed by atoms with E-state index >= 15 is 0 Å². The van der Waals surface area contributed by atoms with Crippen molar-refractivity contribution in [1.82, 2.24) is 5.32 Å². The van der Waals surface area contributed by atoms with E-state index in [9.17, 15) is 4.79 Å². The number of carbonyl (C=O) groups excluding carboxylic acids is 1. The number of nitrogens with two attached hydrogens (primary N) is 1. The highest BCUT2D eigenvalue weighted by atomic mass is 32.1. The van der Waals surface area contributed by atoms with Crippen molar-refractivity contribution >= 4 is 23.1 Å². The number of carbonyl (C=O) groups is 1. The second-order valence-corrected chi connectivity index (χ2v) is 5.32. The number of thiocarbonyl (C=S) groups is 1. The van der Waals surface area contributed by atoms with Gasteiger partial charge in [0, 0.05) is 18.0 Å². The molecule has 1 fully saturated rings. The van der Waals surface area contributed by atoms with Crippen LogP contribution in [0.1, 0.15) is 41.6 Å². The Labute approximate surface area is 113 Å². The third-order valence-corrected chi connectivity index (χ3v) is 3.40. The van der Waals surface area contributed by atoms with Crippen LogP contribution in [-0.4, -0.2) is 16.9 Å². The van der Waals surface area contributed by atoms with Gasteiger partial charge in [-0.15, -0.1) is 0 Å². The number of amides is 1. The molecule has 1 aromatic rings. The van der Waals surface area contributed by atoms with E-state index in [4.69, 9.17) is 18.0 Å². The minimum atomic E-state index is 0.00619. The van der Waals surface area contributed by atoms with Crippen LogP contribution in [0.15, 0.2) is 24.3 Å². The number of rotatable bonds is 4. The average molecular weight is 262 g/mol. The monoisotopic (exact) mass is 262 g/mol. The first kappa shape index (κ1) is 13.0. The summed E-state index contributed by atoms with van der Waals surface area (Å²) < 4.78 is 0. The fraction of sp³-hybridized carbons (Fsp3) is 0.429. The molecule has 3 nitrogen and oxygen atoms in total. The van der Waals surface area contributed by atoms with Crippen LogP contribution in [-0.2, 0) is 6.42 Å². The maximum absolute atomic E-state index is 12.1. The number of benzene rings is 1.